The highest BCUT2D eigenvalue weighted by Crippen LogP contribution is 2.24. The summed E-state index contributed by atoms with van der Waals surface area (Å²) in [7, 11) is 6.73. The van der Waals surface area contributed by atoms with Crippen LogP contribution in [0.1, 0.15) is 24.0 Å². The summed E-state index contributed by atoms with van der Waals surface area (Å²) in [4.78, 5) is 49.7. The van der Waals surface area contributed by atoms with Gasteiger partial charge < -0.3 is 30.4 Å². The first kappa shape index (κ1) is 23.4. The summed E-state index contributed by atoms with van der Waals surface area (Å²) in [5.41, 5.74) is 14.7. The maximum atomic E-state index is 11.8. The molecule has 4 N–H and O–H groups in total. The molecule has 2 aliphatic heterocycles. The van der Waals surface area contributed by atoms with Crippen LogP contribution in [-0.2, 0) is 36.5 Å². The van der Waals surface area contributed by atoms with Crippen molar-refractivity contribution in [3.05, 3.63) is 56.4 Å². The van der Waals surface area contributed by atoms with Crippen LogP contribution in [0.15, 0.2) is 34.1 Å². The second-order valence-electron chi connectivity index (χ2n) is 8.35. The van der Waals surface area contributed by atoms with Crippen LogP contribution in [-0.4, -0.2) is 47.1 Å². The van der Waals surface area contributed by atoms with E-state index in [1.54, 1.807) is 52.7 Å². The molecule has 2 aromatic heterocycles. The second-order valence-corrected chi connectivity index (χ2v) is 8.35. The molecule has 10 nitrogen and oxygen atoms in total. The summed E-state index contributed by atoms with van der Waals surface area (Å²) in [5.74, 6) is -0.199. The van der Waals surface area contributed by atoms with Crippen LogP contribution < -0.4 is 32.4 Å². The van der Waals surface area contributed by atoms with E-state index >= 15 is 0 Å². The molecule has 0 aliphatic carbocycles. The van der Waals surface area contributed by atoms with Crippen LogP contribution in [0.25, 0.3) is 0 Å². The lowest BCUT2D eigenvalue weighted by atomic mass is 10.1. The molecule has 10 heteroatoms. The summed E-state index contributed by atoms with van der Waals surface area (Å²) in [6, 6.07) is 2.21. The smallest absolute Gasteiger partial charge is 0.250 e. The summed E-state index contributed by atoms with van der Waals surface area (Å²) >= 11 is 0. The van der Waals surface area contributed by atoms with Gasteiger partial charge in [-0.15, -0.1) is 0 Å². The minimum Gasteiger partial charge on any atom is -0.320 e. The van der Waals surface area contributed by atoms with Crippen molar-refractivity contribution in [3.63, 3.8) is 0 Å². The van der Waals surface area contributed by atoms with Gasteiger partial charge in [0.25, 0.3) is 11.1 Å². The van der Waals surface area contributed by atoms with Crippen molar-refractivity contribution in [1.82, 2.24) is 9.13 Å². The van der Waals surface area contributed by atoms with Gasteiger partial charge in [0, 0.05) is 52.7 Å². The normalized spacial score (nSPS) is 20.6. The Hall–Kier alpha value is -3.24. The number of likely N-dealkylation sites (N-methyl/N-ethyl adjacent to an activating group) is 2. The van der Waals surface area contributed by atoms with E-state index in [2.05, 4.69) is 0 Å². The van der Waals surface area contributed by atoms with Crippen LogP contribution >= 0.6 is 0 Å². The van der Waals surface area contributed by atoms with E-state index in [1.807, 2.05) is 0 Å². The van der Waals surface area contributed by atoms with Gasteiger partial charge in [0.2, 0.25) is 11.8 Å². The standard InChI is InChI=1S/2C11H15N3O2/c2*1-13-6-9-7(5-10(13)15)3-4-8(12)11(16)14(9)2/h2*5-6,8H,3-4,12H2,1-2H3/t2*8-/m10/s1. The van der Waals surface area contributed by atoms with E-state index in [9.17, 15) is 19.2 Å². The Morgan fingerprint density at radius 2 is 1.03 bits per heavy atom. The Bertz CT molecular complexity index is 1080. The number of hydrogen-bond acceptors (Lipinski definition) is 6. The Kier molecular flexibility index (Phi) is 6.65. The average molecular weight is 443 g/mol. The Morgan fingerprint density at radius 3 is 1.38 bits per heavy atom. The lowest BCUT2D eigenvalue weighted by Gasteiger charge is -2.19. The SMILES string of the molecule is CN1C(=O)[C@@H](N)CCc2cc(=O)n(C)cc21.CN1C(=O)[C@H](N)CCc2cc(=O)n(C)cc21. The zero-order valence-electron chi connectivity index (χ0n) is 18.9. The van der Waals surface area contributed by atoms with Gasteiger partial charge in [0.05, 0.1) is 23.5 Å². The van der Waals surface area contributed by atoms with E-state index in [1.165, 1.54) is 18.9 Å². The van der Waals surface area contributed by atoms with E-state index < -0.39 is 12.1 Å². The largest absolute Gasteiger partial charge is 0.320 e. The molecule has 0 radical (unpaired) electrons. The molecule has 2 aliphatic rings. The third-order valence-electron chi connectivity index (χ3n) is 6.05. The van der Waals surface area contributed by atoms with Crippen LogP contribution in [0.2, 0.25) is 0 Å². The second kappa shape index (κ2) is 9.09. The minimum atomic E-state index is -0.474. The number of pyridine rings is 2. The molecule has 0 bridgehead atoms. The molecular formula is C22H30N6O4. The Morgan fingerprint density at radius 1 is 0.688 bits per heavy atom. The Balaban J connectivity index is 0.000000181. The van der Waals surface area contributed by atoms with Gasteiger partial charge in [-0.1, -0.05) is 0 Å². The molecule has 0 unspecified atom stereocenters. The van der Waals surface area contributed by atoms with Crippen molar-refractivity contribution in [1.29, 1.82) is 0 Å². The number of aromatic nitrogens is 2. The number of nitrogens with two attached hydrogens (primary N) is 2. The number of amides is 2. The topological polar surface area (TPSA) is 137 Å². The highest BCUT2D eigenvalue weighted by atomic mass is 16.2. The molecule has 0 fully saturated rings. The highest BCUT2D eigenvalue weighted by Gasteiger charge is 2.26. The quantitative estimate of drug-likeness (QED) is 0.551. The van der Waals surface area contributed by atoms with Gasteiger partial charge in [-0.2, -0.15) is 0 Å². The molecule has 4 heterocycles. The first-order chi connectivity index (χ1) is 15.0. The predicted molar refractivity (Wildman–Crippen MR) is 123 cm³/mol. The van der Waals surface area contributed by atoms with Gasteiger partial charge in [-0.3, -0.25) is 19.2 Å². The van der Waals surface area contributed by atoms with Crippen LogP contribution in [0.3, 0.4) is 0 Å². The molecule has 0 saturated carbocycles. The number of rotatable bonds is 0. The number of hydrogen-bond donors (Lipinski definition) is 2. The molecule has 0 saturated heterocycles. The van der Waals surface area contributed by atoms with E-state index in [0.29, 0.717) is 25.7 Å². The molecule has 2 amide bonds. The Labute approximate surface area is 186 Å². The molecule has 2 atom stereocenters. The summed E-state index contributed by atoms with van der Waals surface area (Å²) < 4.78 is 2.94. The molecular weight excluding hydrogens is 412 g/mol. The van der Waals surface area contributed by atoms with Crippen LogP contribution in [0.5, 0.6) is 0 Å². The number of anilines is 2. The van der Waals surface area contributed by atoms with Crippen LogP contribution in [0, 0.1) is 0 Å². The molecule has 2 aromatic rings. The van der Waals surface area contributed by atoms with Gasteiger partial charge in [0.1, 0.15) is 0 Å². The number of nitrogens with zero attached hydrogens (tertiary/aromatic N) is 4. The zero-order chi connectivity index (χ0) is 23.7. The van der Waals surface area contributed by atoms with Gasteiger partial charge in [0.15, 0.2) is 0 Å². The van der Waals surface area contributed by atoms with Crippen molar-refractivity contribution in [2.45, 2.75) is 37.8 Å². The molecule has 32 heavy (non-hydrogen) atoms. The van der Waals surface area contributed by atoms with Crippen molar-refractivity contribution in [3.8, 4) is 0 Å². The number of carbonyl (C=O) groups is 2. The maximum Gasteiger partial charge on any atom is 0.250 e. The van der Waals surface area contributed by atoms with E-state index in [-0.39, 0.29) is 22.9 Å². The minimum absolute atomic E-state index is 0.0601. The van der Waals surface area contributed by atoms with Crippen LogP contribution in [0.4, 0.5) is 11.4 Å². The average Bonchev–Trinajstić information content (AvgIpc) is 2.92. The van der Waals surface area contributed by atoms with Crippen molar-refractivity contribution in [2.75, 3.05) is 23.9 Å². The fourth-order valence-corrected chi connectivity index (χ4v) is 3.92. The number of fused-ring (bicyclic) bond motifs is 2. The first-order valence-corrected chi connectivity index (χ1v) is 10.5. The fraction of sp³-hybridized carbons (Fsp3) is 0.455. The lowest BCUT2D eigenvalue weighted by molar-refractivity contribution is -0.120. The van der Waals surface area contributed by atoms with E-state index in [0.717, 1.165) is 22.5 Å². The van der Waals surface area contributed by atoms with Crippen molar-refractivity contribution < 1.29 is 9.59 Å². The van der Waals surface area contributed by atoms with E-state index in [4.69, 9.17) is 11.5 Å². The predicted octanol–water partition coefficient (Wildman–Crippen LogP) is -0.757. The molecule has 172 valence electrons. The highest BCUT2D eigenvalue weighted by molar-refractivity contribution is 5.98. The van der Waals surface area contributed by atoms with Gasteiger partial charge in [-0.25, -0.2) is 0 Å². The van der Waals surface area contributed by atoms with Gasteiger partial charge in [-0.05, 0) is 36.8 Å². The molecule has 4 rings (SSSR count). The summed E-state index contributed by atoms with van der Waals surface area (Å²) in [6.45, 7) is 0. The third-order valence-corrected chi connectivity index (χ3v) is 6.05. The molecule has 0 aromatic carbocycles. The first-order valence-electron chi connectivity index (χ1n) is 10.5. The molecule has 0 spiro atoms. The zero-order valence-corrected chi connectivity index (χ0v) is 18.9. The summed E-state index contributed by atoms with van der Waals surface area (Å²) in [6.07, 6.45) is 5.89. The maximum absolute atomic E-state index is 11.8. The monoisotopic (exact) mass is 442 g/mol. The van der Waals surface area contributed by atoms with Crippen molar-refractivity contribution >= 4 is 23.2 Å². The fourth-order valence-electron chi connectivity index (χ4n) is 3.92. The van der Waals surface area contributed by atoms with Gasteiger partial charge >= 0.3 is 0 Å². The number of aryl methyl sites for hydroxylation is 4. The summed E-state index contributed by atoms with van der Waals surface area (Å²) in [5, 5.41) is 0. The third kappa shape index (κ3) is 4.51. The lowest BCUT2D eigenvalue weighted by Crippen LogP contribution is -2.40. The van der Waals surface area contributed by atoms with Crippen molar-refractivity contribution in [2.24, 2.45) is 25.6 Å². The number of carbonyl (C=O) groups excluding carboxylic acids is 2.